The van der Waals surface area contributed by atoms with Crippen molar-refractivity contribution in [1.82, 2.24) is 0 Å². The summed E-state index contributed by atoms with van der Waals surface area (Å²) in [5, 5.41) is 13.1. The van der Waals surface area contributed by atoms with Crippen molar-refractivity contribution in [3.8, 4) is 5.75 Å². The molecule has 0 amide bonds. The van der Waals surface area contributed by atoms with E-state index in [2.05, 4.69) is 5.32 Å². The molecule has 0 fully saturated rings. The lowest BCUT2D eigenvalue weighted by Gasteiger charge is -2.31. The molecule has 0 saturated heterocycles. The Hall–Kier alpha value is -2.43. The number of hydrogen-bond acceptors (Lipinski definition) is 5. The Bertz CT molecular complexity index is 713. The third-order valence-corrected chi connectivity index (χ3v) is 3.60. The molecule has 0 saturated carbocycles. The smallest absolute Gasteiger partial charge is 0.349 e. The molecule has 1 atom stereocenters. The Balaban J connectivity index is 2.19. The van der Waals surface area contributed by atoms with E-state index in [0.29, 0.717) is 11.5 Å². The van der Waals surface area contributed by atoms with Gasteiger partial charge in [-0.1, -0.05) is 6.07 Å². The molecule has 1 aromatic rings. The van der Waals surface area contributed by atoms with Crippen molar-refractivity contribution >= 4 is 11.7 Å². The van der Waals surface area contributed by atoms with E-state index in [-0.39, 0.29) is 11.3 Å². The van der Waals surface area contributed by atoms with E-state index in [1.807, 2.05) is 26.0 Å². The number of benzene rings is 1. The quantitative estimate of drug-likeness (QED) is 0.436. The molecular weight excluding hydrogens is 270 g/mol. The number of aliphatic hydroxyl groups is 1. The molecule has 2 N–H and O–H groups in total. The highest BCUT2D eigenvalue weighted by atomic mass is 16.6. The minimum absolute atomic E-state index is 0.0707. The molecule has 0 radical (unpaired) electrons. The number of rotatable bonds is 0. The first kappa shape index (κ1) is 13.5. The van der Waals surface area contributed by atoms with Gasteiger partial charge in [-0.15, -0.1) is 0 Å². The second kappa shape index (κ2) is 4.28. The number of anilines is 1. The first-order chi connectivity index (χ1) is 9.82. The number of fused-ring (bicyclic) bond motifs is 1. The number of aryl methyl sites for hydroxylation is 2. The average Bonchev–Trinajstić information content (AvgIpc) is 2.65. The van der Waals surface area contributed by atoms with Gasteiger partial charge < -0.3 is 19.9 Å². The molecule has 2 aliphatic heterocycles. The van der Waals surface area contributed by atoms with Crippen LogP contribution in [0, 0.1) is 13.8 Å². The number of esters is 1. The Kier molecular flexibility index (Phi) is 2.76. The fourth-order valence-corrected chi connectivity index (χ4v) is 2.90. The van der Waals surface area contributed by atoms with Crippen molar-refractivity contribution in [2.24, 2.45) is 0 Å². The first-order valence-electron chi connectivity index (χ1n) is 6.73. The molecule has 0 bridgehead atoms. The number of carbonyl (C=O) groups excluding carboxylic acids is 1. The van der Waals surface area contributed by atoms with Crippen LogP contribution in [-0.4, -0.2) is 16.8 Å². The lowest BCUT2D eigenvalue weighted by molar-refractivity contribution is -0.138. The van der Waals surface area contributed by atoms with Crippen LogP contribution in [0.1, 0.15) is 25.0 Å². The molecular formula is C16H17NO4. The number of ether oxygens (including phenoxy) is 2. The predicted molar refractivity (Wildman–Crippen MR) is 78.1 cm³/mol. The molecule has 0 unspecified atom stereocenters. The van der Waals surface area contributed by atoms with Crippen LogP contribution >= 0.6 is 0 Å². The van der Waals surface area contributed by atoms with Crippen LogP contribution in [0.5, 0.6) is 5.75 Å². The van der Waals surface area contributed by atoms with Gasteiger partial charge >= 0.3 is 5.97 Å². The monoisotopic (exact) mass is 287 g/mol. The zero-order valence-electron chi connectivity index (χ0n) is 12.4. The Morgan fingerprint density at radius 2 is 2.00 bits per heavy atom. The van der Waals surface area contributed by atoms with Gasteiger partial charge in [0, 0.05) is 6.08 Å². The van der Waals surface area contributed by atoms with E-state index in [1.54, 1.807) is 13.0 Å². The number of carbonyl (C=O) groups is 1. The molecule has 2 aliphatic rings. The third kappa shape index (κ3) is 1.96. The van der Waals surface area contributed by atoms with E-state index in [0.717, 1.165) is 16.8 Å². The molecule has 0 aliphatic carbocycles. The second-order valence-electron chi connectivity index (χ2n) is 5.53. The summed E-state index contributed by atoms with van der Waals surface area (Å²) in [4.78, 5) is 12.1. The van der Waals surface area contributed by atoms with Gasteiger partial charge in [-0.05, 0) is 44.9 Å². The number of aliphatic hydroxyl groups excluding tert-OH is 1. The standard InChI is InChI=1S/C16H17NO4/c1-8-5-9(2)14-12(6-8)17-16(21-14)7-10(3)20-15(19)13(16)11(4)18/h5-7,17-18H,1-4H3/t16-/m0/s1. The maximum atomic E-state index is 12.1. The van der Waals surface area contributed by atoms with E-state index in [1.165, 1.54) is 6.92 Å². The number of hydrogen-bond donors (Lipinski definition) is 2. The summed E-state index contributed by atoms with van der Waals surface area (Å²) in [5.74, 6) is 0.376. The summed E-state index contributed by atoms with van der Waals surface area (Å²) in [5.41, 5.74) is 1.71. The Morgan fingerprint density at radius 1 is 1.29 bits per heavy atom. The van der Waals surface area contributed by atoms with Crippen molar-refractivity contribution in [3.63, 3.8) is 0 Å². The molecule has 0 aromatic heterocycles. The van der Waals surface area contributed by atoms with E-state index in [4.69, 9.17) is 9.47 Å². The zero-order chi connectivity index (χ0) is 15.4. The third-order valence-electron chi connectivity index (χ3n) is 3.60. The maximum Gasteiger partial charge on any atom is 0.349 e. The van der Waals surface area contributed by atoms with Crippen molar-refractivity contribution in [3.05, 3.63) is 46.4 Å². The minimum atomic E-state index is -1.21. The van der Waals surface area contributed by atoms with Crippen molar-refractivity contribution in [1.29, 1.82) is 0 Å². The van der Waals surface area contributed by atoms with Gasteiger partial charge in [0.05, 0.1) is 5.69 Å². The van der Waals surface area contributed by atoms with Gasteiger partial charge in [-0.3, -0.25) is 0 Å². The zero-order valence-corrected chi connectivity index (χ0v) is 12.4. The van der Waals surface area contributed by atoms with Crippen LogP contribution in [0.3, 0.4) is 0 Å². The van der Waals surface area contributed by atoms with Crippen LogP contribution < -0.4 is 10.1 Å². The van der Waals surface area contributed by atoms with Crippen molar-refractivity contribution < 1.29 is 19.4 Å². The SMILES string of the molecule is CC1=C[C@@]2(Nc3cc(C)cc(C)c3O2)C(=C(C)O)C(=O)O1. The van der Waals surface area contributed by atoms with Crippen LogP contribution in [0.15, 0.2) is 35.3 Å². The highest BCUT2D eigenvalue weighted by Crippen LogP contribution is 2.46. The number of allylic oxidation sites excluding steroid dienone is 2. The van der Waals surface area contributed by atoms with Crippen LogP contribution in [0.2, 0.25) is 0 Å². The largest absolute Gasteiger partial charge is 0.512 e. The molecule has 5 heteroatoms. The minimum Gasteiger partial charge on any atom is -0.512 e. The normalized spacial score (nSPS) is 25.7. The number of cyclic esters (lactones) is 1. The van der Waals surface area contributed by atoms with Gasteiger partial charge in [0.1, 0.15) is 22.8 Å². The van der Waals surface area contributed by atoms with Gasteiger partial charge in [0.2, 0.25) is 5.72 Å². The summed E-state index contributed by atoms with van der Waals surface area (Å²) >= 11 is 0. The summed E-state index contributed by atoms with van der Waals surface area (Å²) < 4.78 is 11.1. The summed E-state index contributed by atoms with van der Waals surface area (Å²) in [6.07, 6.45) is 1.66. The van der Waals surface area contributed by atoms with Gasteiger partial charge in [-0.25, -0.2) is 4.79 Å². The summed E-state index contributed by atoms with van der Waals surface area (Å²) in [6.45, 7) is 7.05. The molecule has 2 heterocycles. The van der Waals surface area contributed by atoms with Gasteiger partial charge in [0.15, 0.2) is 0 Å². The van der Waals surface area contributed by atoms with E-state index in [9.17, 15) is 9.90 Å². The van der Waals surface area contributed by atoms with Crippen LogP contribution in [0.4, 0.5) is 5.69 Å². The number of nitrogens with one attached hydrogen (secondary N) is 1. The molecule has 1 aromatic carbocycles. The fraction of sp³-hybridized carbons (Fsp3) is 0.312. The Labute approximate surface area is 122 Å². The Morgan fingerprint density at radius 3 is 2.67 bits per heavy atom. The summed E-state index contributed by atoms with van der Waals surface area (Å²) in [7, 11) is 0. The fourth-order valence-electron chi connectivity index (χ4n) is 2.90. The lowest BCUT2D eigenvalue weighted by atomic mass is 9.98. The predicted octanol–water partition coefficient (Wildman–Crippen LogP) is 3.10. The molecule has 21 heavy (non-hydrogen) atoms. The van der Waals surface area contributed by atoms with Crippen molar-refractivity contribution in [2.75, 3.05) is 5.32 Å². The molecule has 1 spiro atoms. The van der Waals surface area contributed by atoms with Crippen molar-refractivity contribution in [2.45, 2.75) is 33.4 Å². The van der Waals surface area contributed by atoms with E-state index < -0.39 is 11.7 Å². The topological polar surface area (TPSA) is 67.8 Å². The first-order valence-corrected chi connectivity index (χ1v) is 6.73. The lowest BCUT2D eigenvalue weighted by Crippen LogP contribution is -2.47. The molecule has 5 nitrogen and oxygen atoms in total. The van der Waals surface area contributed by atoms with Crippen LogP contribution in [0.25, 0.3) is 0 Å². The highest BCUT2D eigenvalue weighted by molar-refractivity contribution is 5.95. The van der Waals surface area contributed by atoms with Gasteiger partial charge in [0.25, 0.3) is 0 Å². The summed E-state index contributed by atoms with van der Waals surface area (Å²) in [6, 6.07) is 3.96. The highest BCUT2D eigenvalue weighted by Gasteiger charge is 2.49. The average molecular weight is 287 g/mol. The molecule has 3 rings (SSSR count). The van der Waals surface area contributed by atoms with Crippen LogP contribution in [-0.2, 0) is 9.53 Å². The molecule has 110 valence electrons. The second-order valence-corrected chi connectivity index (χ2v) is 5.53. The van der Waals surface area contributed by atoms with E-state index >= 15 is 0 Å². The van der Waals surface area contributed by atoms with Gasteiger partial charge in [-0.2, -0.15) is 0 Å². The maximum absolute atomic E-state index is 12.1.